The van der Waals surface area contributed by atoms with E-state index in [0.29, 0.717) is 29.9 Å². The number of carbonyl (C=O) groups excluding carboxylic acids is 1. The minimum atomic E-state index is -0.929. The van der Waals surface area contributed by atoms with Gasteiger partial charge in [0.1, 0.15) is 11.5 Å². The molecule has 26 heavy (non-hydrogen) atoms. The van der Waals surface area contributed by atoms with Gasteiger partial charge in [-0.15, -0.1) is 0 Å². The van der Waals surface area contributed by atoms with Crippen LogP contribution in [0.15, 0.2) is 42.2 Å². The standard InChI is InChI=1S/C21H26O5/c1-4-16(22)25-14-9-6-8-13-12-21(3)11-7-10-15(26-17(23)5-2)19(21)20(24)18(13)14/h6-11,16,19-20,22,24H,4-5,12H2,1-3H3. The van der Waals surface area contributed by atoms with Crippen LogP contribution in [-0.2, 0) is 16.0 Å². The SMILES string of the molecule is CCC(=O)OC1=CC=CC2(C)Cc3cccc(OC(O)CC)c3C(O)C12. The van der Waals surface area contributed by atoms with Gasteiger partial charge < -0.3 is 19.7 Å². The van der Waals surface area contributed by atoms with Gasteiger partial charge in [0.05, 0.1) is 12.0 Å². The second kappa shape index (κ2) is 7.25. The van der Waals surface area contributed by atoms with Crippen LogP contribution in [0.3, 0.4) is 0 Å². The second-order valence-electron chi connectivity index (χ2n) is 7.17. The number of rotatable bonds is 5. The van der Waals surface area contributed by atoms with E-state index in [2.05, 4.69) is 13.0 Å². The summed E-state index contributed by atoms with van der Waals surface area (Å²) in [6.45, 7) is 5.62. The van der Waals surface area contributed by atoms with Crippen LogP contribution in [0.2, 0.25) is 0 Å². The topological polar surface area (TPSA) is 76.0 Å². The van der Waals surface area contributed by atoms with E-state index in [9.17, 15) is 15.0 Å². The number of benzene rings is 1. The molecule has 0 radical (unpaired) electrons. The maximum Gasteiger partial charge on any atom is 0.310 e. The van der Waals surface area contributed by atoms with Crippen LogP contribution in [0.25, 0.3) is 0 Å². The summed E-state index contributed by atoms with van der Waals surface area (Å²) in [6.07, 6.45) is 5.26. The zero-order valence-electron chi connectivity index (χ0n) is 15.4. The van der Waals surface area contributed by atoms with Crippen LogP contribution in [0.4, 0.5) is 0 Å². The number of esters is 1. The molecule has 0 fully saturated rings. The molecule has 2 aliphatic rings. The molecule has 2 N–H and O–H groups in total. The zero-order chi connectivity index (χ0) is 18.9. The minimum Gasteiger partial charge on any atom is -0.465 e. The molecular formula is C21H26O5. The molecular weight excluding hydrogens is 332 g/mol. The Morgan fingerprint density at radius 3 is 2.85 bits per heavy atom. The summed E-state index contributed by atoms with van der Waals surface area (Å²) in [5.41, 5.74) is 1.27. The molecule has 0 bridgehead atoms. The molecule has 5 nitrogen and oxygen atoms in total. The fourth-order valence-corrected chi connectivity index (χ4v) is 3.87. The van der Waals surface area contributed by atoms with Crippen LogP contribution in [0.5, 0.6) is 5.75 Å². The molecule has 5 heteroatoms. The highest BCUT2D eigenvalue weighted by Crippen LogP contribution is 2.53. The van der Waals surface area contributed by atoms with Crippen molar-refractivity contribution in [1.29, 1.82) is 0 Å². The first-order chi connectivity index (χ1) is 12.4. The lowest BCUT2D eigenvalue weighted by molar-refractivity contribution is -0.141. The summed E-state index contributed by atoms with van der Waals surface area (Å²) < 4.78 is 11.2. The number of allylic oxidation sites excluding steroid dienone is 3. The molecule has 0 spiro atoms. The number of ether oxygens (including phenoxy) is 2. The molecule has 2 aliphatic carbocycles. The third-order valence-electron chi connectivity index (χ3n) is 5.23. The van der Waals surface area contributed by atoms with E-state index < -0.39 is 12.4 Å². The lowest BCUT2D eigenvalue weighted by Gasteiger charge is -2.45. The Kier molecular flexibility index (Phi) is 5.21. The normalized spacial score (nSPS) is 27.8. The van der Waals surface area contributed by atoms with Gasteiger partial charge in [-0.25, -0.2) is 0 Å². The third-order valence-corrected chi connectivity index (χ3v) is 5.23. The lowest BCUT2D eigenvalue weighted by atomic mass is 9.61. The van der Waals surface area contributed by atoms with Gasteiger partial charge in [0, 0.05) is 23.8 Å². The quantitative estimate of drug-likeness (QED) is 0.623. The molecule has 0 aliphatic heterocycles. The summed E-state index contributed by atoms with van der Waals surface area (Å²) in [7, 11) is 0. The van der Waals surface area contributed by atoms with Gasteiger partial charge in [0.2, 0.25) is 0 Å². The first kappa shape index (κ1) is 18.7. The van der Waals surface area contributed by atoms with E-state index >= 15 is 0 Å². The highest BCUT2D eigenvalue weighted by Gasteiger charge is 2.48. The van der Waals surface area contributed by atoms with Gasteiger partial charge >= 0.3 is 5.97 Å². The minimum absolute atomic E-state index is 0.272. The molecule has 1 aromatic carbocycles. The summed E-state index contributed by atoms with van der Waals surface area (Å²) >= 11 is 0. The van der Waals surface area contributed by atoms with E-state index in [0.717, 1.165) is 5.56 Å². The molecule has 0 saturated carbocycles. The Balaban J connectivity index is 2.02. The number of carbonyl (C=O) groups is 1. The van der Waals surface area contributed by atoms with Gasteiger partial charge in [-0.05, 0) is 24.1 Å². The molecule has 0 heterocycles. The van der Waals surface area contributed by atoms with Crippen molar-refractivity contribution in [2.24, 2.45) is 11.3 Å². The Bertz CT molecular complexity index is 751. The summed E-state index contributed by atoms with van der Waals surface area (Å²) in [4.78, 5) is 11.8. The number of hydrogen-bond donors (Lipinski definition) is 2. The fraction of sp³-hybridized carbons (Fsp3) is 0.476. The first-order valence-corrected chi connectivity index (χ1v) is 9.14. The summed E-state index contributed by atoms with van der Waals surface area (Å²) in [5, 5.41) is 21.1. The van der Waals surface area contributed by atoms with Crippen molar-refractivity contribution in [3.8, 4) is 5.75 Å². The number of aliphatic hydroxyl groups excluding tert-OH is 2. The Morgan fingerprint density at radius 2 is 2.15 bits per heavy atom. The van der Waals surface area contributed by atoms with Crippen molar-refractivity contribution >= 4 is 5.97 Å². The van der Waals surface area contributed by atoms with E-state index in [1.54, 1.807) is 19.1 Å². The van der Waals surface area contributed by atoms with Crippen LogP contribution in [0.1, 0.15) is 50.8 Å². The van der Waals surface area contributed by atoms with E-state index in [4.69, 9.17) is 9.47 Å². The smallest absolute Gasteiger partial charge is 0.310 e. The van der Waals surface area contributed by atoms with Crippen molar-refractivity contribution in [3.63, 3.8) is 0 Å². The molecule has 4 atom stereocenters. The average molecular weight is 358 g/mol. The highest BCUT2D eigenvalue weighted by molar-refractivity contribution is 5.70. The zero-order valence-corrected chi connectivity index (χ0v) is 15.4. The molecule has 3 rings (SSSR count). The summed E-state index contributed by atoms with van der Waals surface area (Å²) in [5.74, 6) is 0.241. The van der Waals surface area contributed by atoms with E-state index in [-0.39, 0.29) is 23.7 Å². The summed E-state index contributed by atoms with van der Waals surface area (Å²) in [6, 6.07) is 5.59. The predicted octanol–water partition coefficient (Wildman–Crippen LogP) is 3.41. The molecule has 0 amide bonds. The van der Waals surface area contributed by atoms with Gasteiger partial charge in [-0.2, -0.15) is 0 Å². The number of hydrogen-bond acceptors (Lipinski definition) is 5. The van der Waals surface area contributed by atoms with Crippen molar-refractivity contribution < 1.29 is 24.5 Å². The lowest BCUT2D eigenvalue weighted by Crippen LogP contribution is -2.41. The van der Waals surface area contributed by atoms with Gasteiger partial charge in [-0.1, -0.05) is 45.1 Å². The third kappa shape index (κ3) is 3.29. The molecule has 140 valence electrons. The Hall–Kier alpha value is -2.11. The van der Waals surface area contributed by atoms with Gasteiger partial charge in [0.15, 0.2) is 6.29 Å². The van der Waals surface area contributed by atoms with Crippen LogP contribution < -0.4 is 4.74 Å². The van der Waals surface area contributed by atoms with Crippen molar-refractivity contribution in [2.75, 3.05) is 0 Å². The van der Waals surface area contributed by atoms with Crippen molar-refractivity contribution in [3.05, 3.63) is 53.3 Å². The largest absolute Gasteiger partial charge is 0.465 e. The van der Waals surface area contributed by atoms with Crippen LogP contribution in [0, 0.1) is 11.3 Å². The van der Waals surface area contributed by atoms with Gasteiger partial charge in [-0.3, -0.25) is 4.79 Å². The van der Waals surface area contributed by atoms with Crippen molar-refractivity contribution in [1.82, 2.24) is 0 Å². The van der Waals surface area contributed by atoms with Crippen LogP contribution in [-0.4, -0.2) is 22.5 Å². The molecule has 4 unspecified atom stereocenters. The molecule has 0 saturated heterocycles. The first-order valence-electron chi connectivity index (χ1n) is 9.14. The molecule has 0 aromatic heterocycles. The maximum atomic E-state index is 11.8. The fourth-order valence-electron chi connectivity index (χ4n) is 3.87. The van der Waals surface area contributed by atoms with E-state index in [1.807, 2.05) is 25.1 Å². The predicted molar refractivity (Wildman–Crippen MR) is 97.2 cm³/mol. The Labute approximate surface area is 153 Å². The van der Waals surface area contributed by atoms with Gasteiger partial charge in [0.25, 0.3) is 0 Å². The number of aliphatic hydroxyl groups is 2. The number of fused-ring (bicyclic) bond motifs is 2. The second-order valence-corrected chi connectivity index (χ2v) is 7.17. The maximum absolute atomic E-state index is 11.8. The Morgan fingerprint density at radius 1 is 1.38 bits per heavy atom. The molecule has 1 aromatic rings. The van der Waals surface area contributed by atoms with E-state index in [1.165, 1.54) is 0 Å². The highest BCUT2D eigenvalue weighted by atomic mass is 16.6. The van der Waals surface area contributed by atoms with Crippen LogP contribution >= 0.6 is 0 Å². The monoisotopic (exact) mass is 358 g/mol. The van der Waals surface area contributed by atoms with Crippen molar-refractivity contribution in [2.45, 2.75) is 52.4 Å². The average Bonchev–Trinajstić information content (AvgIpc) is 2.60.